The molecule has 0 atom stereocenters. The fraction of sp³-hybridized carbons (Fsp3) is 0.444. The van der Waals surface area contributed by atoms with Gasteiger partial charge in [0.1, 0.15) is 5.82 Å². The summed E-state index contributed by atoms with van der Waals surface area (Å²) in [7, 11) is 2.16. The van der Waals surface area contributed by atoms with Crippen LogP contribution in [0.5, 0.6) is 0 Å². The highest BCUT2D eigenvalue weighted by Gasteiger charge is 2.19. The van der Waals surface area contributed by atoms with E-state index in [1.165, 1.54) is 24.0 Å². The number of rotatable bonds is 2. The maximum atomic E-state index is 5.99. The van der Waals surface area contributed by atoms with Crippen LogP contribution in [-0.4, -0.2) is 48.1 Å². The first kappa shape index (κ1) is 14.5. The highest BCUT2D eigenvalue weighted by Crippen LogP contribution is 2.32. The zero-order valence-electron chi connectivity index (χ0n) is 13.6. The Morgan fingerprint density at radius 2 is 1.91 bits per heavy atom. The molecule has 0 spiro atoms. The lowest BCUT2D eigenvalue weighted by Gasteiger charge is -2.33. The van der Waals surface area contributed by atoms with Crippen molar-refractivity contribution in [1.29, 1.82) is 0 Å². The third-order valence-electron chi connectivity index (χ3n) is 4.91. The topological polar surface area (TPSA) is 58.3 Å². The smallest absolute Gasteiger partial charge is 0.222 e. The zero-order chi connectivity index (χ0) is 15.8. The van der Waals surface area contributed by atoms with E-state index in [0.29, 0.717) is 5.95 Å². The van der Waals surface area contributed by atoms with Gasteiger partial charge in [-0.15, -0.1) is 0 Å². The number of fused-ring (bicyclic) bond motifs is 1. The van der Waals surface area contributed by atoms with Gasteiger partial charge in [-0.25, -0.2) is 4.98 Å². The Morgan fingerprint density at radius 1 is 1.09 bits per heavy atom. The molecular formula is C18H23N5. The van der Waals surface area contributed by atoms with E-state index in [1.54, 1.807) is 0 Å². The third-order valence-corrected chi connectivity index (χ3v) is 4.91. The largest absolute Gasteiger partial charge is 0.368 e. The van der Waals surface area contributed by atoms with Crippen molar-refractivity contribution in [3.63, 3.8) is 0 Å². The Bertz CT molecular complexity index is 759. The fourth-order valence-corrected chi connectivity index (χ4v) is 3.52. The van der Waals surface area contributed by atoms with E-state index in [4.69, 9.17) is 5.73 Å². The van der Waals surface area contributed by atoms with Crippen molar-refractivity contribution in [2.45, 2.75) is 19.3 Å². The van der Waals surface area contributed by atoms with E-state index in [-0.39, 0.29) is 0 Å². The number of allylic oxidation sites excluding steroid dienone is 2. The molecule has 0 amide bonds. The predicted octanol–water partition coefficient (Wildman–Crippen LogP) is 2.53. The number of piperazine rings is 1. The zero-order valence-corrected chi connectivity index (χ0v) is 13.6. The number of hydrogen-bond donors (Lipinski definition) is 1. The number of nitrogens with zero attached hydrogens (tertiary/aromatic N) is 4. The standard InChI is InChI=1S/C18H23N5/c1-22-8-10-23(11-9-22)17-15-7-6-14(13-4-2-3-5-13)12-16(15)20-18(19)21-17/h4,6-7,12H,2-3,5,8-11H2,1H3,(H2,19,20,21). The molecule has 1 aliphatic carbocycles. The highest BCUT2D eigenvalue weighted by atomic mass is 15.3. The molecule has 120 valence electrons. The van der Waals surface area contributed by atoms with Gasteiger partial charge in [-0.2, -0.15) is 4.98 Å². The SMILES string of the molecule is CN1CCN(c2nc(N)nc3cc(C4=CCCC4)ccc23)CC1. The first-order valence-corrected chi connectivity index (χ1v) is 8.41. The summed E-state index contributed by atoms with van der Waals surface area (Å²) in [6.07, 6.45) is 5.95. The molecule has 2 aliphatic rings. The maximum absolute atomic E-state index is 5.99. The summed E-state index contributed by atoms with van der Waals surface area (Å²) in [5.74, 6) is 1.34. The molecule has 0 radical (unpaired) electrons. The van der Waals surface area contributed by atoms with Crippen LogP contribution < -0.4 is 10.6 Å². The Morgan fingerprint density at radius 3 is 2.65 bits per heavy atom. The van der Waals surface area contributed by atoms with E-state index < -0.39 is 0 Å². The number of hydrogen-bond acceptors (Lipinski definition) is 5. The summed E-state index contributed by atoms with van der Waals surface area (Å²) in [4.78, 5) is 13.7. The summed E-state index contributed by atoms with van der Waals surface area (Å²) < 4.78 is 0. The van der Waals surface area contributed by atoms with Crippen molar-refractivity contribution < 1.29 is 0 Å². The molecular weight excluding hydrogens is 286 g/mol. The molecule has 5 heteroatoms. The Hall–Kier alpha value is -2.14. The van der Waals surface area contributed by atoms with Gasteiger partial charge in [-0.3, -0.25) is 0 Å². The van der Waals surface area contributed by atoms with Crippen LogP contribution in [0.3, 0.4) is 0 Å². The Kier molecular flexibility index (Phi) is 3.65. The summed E-state index contributed by atoms with van der Waals surface area (Å²) in [6.45, 7) is 4.07. The molecule has 1 aliphatic heterocycles. The first-order valence-electron chi connectivity index (χ1n) is 8.41. The average Bonchev–Trinajstić information content (AvgIpc) is 3.09. The second kappa shape index (κ2) is 5.81. The van der Waals surface area contributed by atoms with Crippen molar-refractivity contribution in [3.05, 3.63) is 29.8 Å². The first-order chi connectivity index (χ1) is 11.2. The van der Waals surface area contributed by atoms with Crippen LogP contribution in [-0.2, 0) is 0 Å². The molecule has 0 bridgehead atoms. The van der Waals surface area contributed by atoms with Crippen LogP contribution in [0.1, 0.15) is 24.8 Å². The predicted molar refractivity (Wildman–Crippen MR) is 95.5 cm³/mol. The third kappa shape index (κ3) is 2.77. The minimum Gasteiger partial charge on any atom is -0.368 e. The van der Waals surface area contributed by atoms with Gasteiger partial charge in [0.15, 0.2) is 0 Å². The van der Waals surface area contributed by atoms with Crippen molar-refractivity contribution in [2.75, 3.05) is 43.9 Å². The molecule has 2 heterocycles. The normalized spacial score (nSPS) is 19.3. The van der Waals surface area contributed by atoms with Crippen LogP contribution in [0.4, 0.5) is 11.8 Å². The monoisotopic (exact) mass is 309 g/mol. The van der Waals surface area contributed by atoms with E-state index in [9.17, 15) is 0 Å². The maximum Gasteiger partial charge on any atom is 0.222 e. The van der Waals surface area contributed by atoms with Crippen LogP contribution in [0, 0.1) is 0 Å². The van der Waals surface area contributed by atoms with Gasteiger partial charge >= 0.3 is 0 Å². The fourth-order valence-electron chi connectivity index (χ4n) is 3.52. The molecule has 1 saturated heterocycles. The quantitative estimate of drug-likeness (QED) is 0.924. The molecule has 5 nitrogen and oxygen atoms in total. The minimum absolute atomic E-state index is 0.365. The summed E-state index contributed by atoms with van der Waals surface area (Å²) >= 11 is 0. The van der Waals surface area contributed by atoms with Crippen LogP contribution in [0.25, 0.3) is 16.5 Å². The number of aromatic nitrogens is 2. The van der Waals surface area contributed by atoms with E-state index in [0.717, 1.165) is 49.3 Å². The van der Waals surface area contributed by atoms with Crippen LogP contribution in [0.15, 0.2) is 24.3 Å². The van der Waals surface area contributed by atoms with Crippen LogP contribution in [0.2, 0.25) is 0 Å². The van der Waals surface area contributed by atoms with Gasteiger partial charge in [-0.1, -0.05) is 12.1 Å². The van der Waals surface area contributed by atoms with Gasteiger partial charge in [0.2, 0.25) is 5.95 Å². The average molecular weight is 309 g/mol. The number of likely N-dealkylation sites (N-methyl/N-ethyl adjacent to an activating group) is 1. The minimum atomic E-state index is 0.365. The van der Waals surface area contributed by atoms with Gasteiger partial charge in [0.25, 0.3) is 0 Å². The number of nitrogens with two attached hydrogens (primary N) is 1. The number of benzene rings is 1. The van der Waals surface area contributed by atoms with Gasteiger partial charge in [0.05, 0.1) is 5.52 Å². The molecule has 4 rings (SSSR count). The summed E-state index contributed by atoms with van der Waals surface area (Å²) in [6, 6.07) is 6.54. The molecule has 1 aromatic heterocycles. The van der Waals surface area contributed by atoms with Crippen molar-refractivity contribution in [1.82, 2.24) is 14.9 Å². The number of anilines is 2. The molecule has 1 aromatic carbocycles. The summed E-state index contributed by atoms with van der Waals surface area (Å²) in [5, 5.41) is 1.10. The van der Waals surface area contributed by atoms with E-state index in [2.05, 4.69) is 51.1 Å². The molecule has 2 aromatic rings. The number of nitrogen functional groups attached to an aromatic ring is 1. The molecule has 2 N–H and O–H groups in total. The lowest BCUT2D eigenvalue weighted by Crippen LogP contribution is -2.45. The molecule has 23 heavy (non-hydrogen) atoms. The van der Waals surface area contributed by atoms with Crippen molar-refractivity contribution in [2.24, 2.45) is 0 Å². The molecule has 0 unspecified atom stereocenters. The second-order valence-corrected chi connectivity index (χ2v) is 6.55. The van der Waals surface area contributed by atoms with Gasteiger partial charge in [0, 0.05) is 31.6 Å². The lowest BCUT2D eigenvalue weighted by molar-refractivity contribution is 0.312. The highest BCUT2D eigenvalue weighted by molar-refractivity contribution is 5.92. The molecule has 0 saturated carbocycles. The van der Waals surface area contributed by atoms with Crippen molar-refractivity contribution >= 4 is 28.2 Å². The van der Waals surface area contributed by atoms with Gasteiger partial charge in [-0.05, 0) is 49.6 Å². The second-order valence-electron chi connectivity index (χ2n) is 6.55. The Balaban J connectivity index is 1.76. The van der Waals surface area contributed by atoms with Crippen LogP contribution >= 0.6 is 0 Å². The van der Waals surface area contributed by atoms with E-state index in [1.807, 2.05) is 0 Å². The van der Waals surface area contributed by atoms with E-state index >= 15 is 0 Å². The Labute approximate surface area is 136 Å². The van der Waals surface area contributed by atoms with Crippen molar-refractivity contribution in [3.8, 4) is 0 Å². The molecule has 1 fully saturated rings. The van der Waals surface area contributed by atoms with Gasteiger partial charge < -0.3 is 15.5 Å². The lowest BCUT2D eigenvalue weighted by atomic mass is 10.0. The summed E-state index contributed by atoms with van der Waals surface area (Å²) in [5.41, 5.74) is 9.65.